The van der Waals surface area contributed by atoms with Crippen LogP contribution in [0.25, 0.3) is 0 Å². The summed E-state index contributed by atoms with van der Waals surface area (Å²) < 4.78 is 0. The molecule has 1 aliphatic heterocycles. The van der Waals surface area contributed by atoms with E-state index in [9.17, 15) is 15.0 Å². The summed E-state index contributed by atoms with van der Waals surface area (Å²) in [5.41, 5.74) is 0.675. The fourth-order valence-electron chi connectivity index (χ4n) is 3.88. The number of hydrogen-bond donors (Lipinski definition) is 2. The van der Waals surface area contributed by atoms with Gasteiger partial charge in [-0.1, -0.05) is 43.7 Å². The number of aryl methyl sites for hydroxylation is 2. The summed E-state index contributed by atoms with van der Waals surface area (Å²) in [4.78, 5) is 23.3. The minimum absolute atomic E-state index is 0.228. The highest BCUT2D eigenvalue weighted by Crippen LogP contribution is 2.37. The van der Waals surface area contributed by atoms with E-state index in [4.69, 9.17) is 0 Å². The maximum atomic E-state index is 12.3. The molecule has 6 nitrogen and oxygen atoms in total. The molecule has 2 atom stereocenters. The lowest BCUT2D eigenvalue weighted by atomic mass is 9.72. The van der Waals surface area contributed by atoms with Crippen molar-refractivity contribution in [3.05, 3.63) is 53.5 Å². The van der Waals surface area contributed by atoms with Crippen LogP contribution in [0.2, 0.25) is 0 Å². The number of anilines is 1. The van der Waals surface area contributed by atoms with E-state index in [-0.39, 0.29) is 13.0 Å². The molecule has 0 saturated carbocycles. The number of benzene rings is 1. The van der Waals surface area contributed by atoms with E-state index in [1.54, 1.807) is 0 Å². The molecule has 1 aromatic heterocycles. The number of nitrogens with zero attached hydrogens (tertiary/aromatic N) is 3. The van der Waals surface area contributed by atoms with Gasteiger partial charge in [0.1, 0.15) is 17.1 Å². The Morgan fingerprint density at radius 1 is 1.33 bits per heavy atom. The molecule has 0 radical (unpaired) electrons. The second-order valence-corrected chi connectivity index (χ2v) is 7.37. The molecule has 0 bridgehead atoms. The number of rotatable bonds is 6. The minimum atomic E-state index is -1.26. The molecular weight excluding hydrogens is 342 g/mol. The first-order chi connectivity index (χ1) is 13.0. The van der Waals surface area contributed by atoms with E-state index < -0.39 is 17.5 Å². The molecule has 0 spiro atoms. The fraction of sp³-hybridized carbons (Fsp3) is 0.476. The summed E-state index contributed by atoms with van der Waals surface area (Å²) in [6.45, 7) is 4.75. The van der Waals surface area contributed by atoms with Gasteiger partial charge in [-0.05, 0) is 31.7 Å². The van der Waals surface area contributed by atoms with Gasteiger partial charge >= 0.3 is 5.97 Å². The fourth-order valence-corrected chi connectivity index (χ4v) is 3.88. The predicted octanol–water partition coefficient (Wildman–Crippen LogP) is 2.62. The normalized spacial score (nSPS) is 22.6. The molecule has 27 heavy (non-hydrogen) atoms. The monoisotopic (exact) mass is 369 g/mol. The largest absolute Gasteiger partial charge is 0.481 e. The van der Waals surface area contributed by atoms with E-state index >= 15 is 0 Å². The molecular formula is C21H27N3O3. The highest BCUT2D eigenvalue weighted by Gasteiger charge is 2.49. The Hall–Kier alpha value is -2.47. The molecule has 2 N–H and O–H groups in total. The summed E-state index contributed by atoms with van der Waals surface area (Å²) in [5, 5.41) is 20.8. The first-order valence-corrected chi connectivity index (χ1v) is 9.49. The number of hydrogen-bond acceptors (Lipinski definition) is 5. The molecule has 0 unspecified atom stereocenters. The lowest BCUT2D eigenvalue weighted by molar-refractivity contribution is -0.157. The molecule has 3 rings (SSSR count). The molecule has 0 aliphatic carbocycles. The van der Waals surface area contributed by atoms with Gasteiger partial charge in [0.05, 0.1) is 6.10 Å². The Balaban J connectivity index is 1.97. The number of carboxylic acids is 1. The number of aliphatic hydroxyl groups excluding tert-OH is 1. The number of carboxylic acid groups (broad SMARTS) is 1. The van der Waals surface area contributed by atoms with Crippen LogP contribution in [0.3, 0.4) is 0 Å². The van der Waals surface area contributed by atoms with Crippen LogP contribution in [0, 0.1) is 12.3 Å². The van der Waals surface area contributed by atoms with Gasteiger partial charge in [-0.15, -0.1) is 0 Å². The van der Waals surface area contributed by atoms with E-state index in [1.165, 1.54) is 0 Å². The molecule has 0 amide bonds. The summed E-state index contributed by atoms with van der Waals surface area (Å²) in [6, 6.07) is 9.51. The Kier molecular flexibility index (Phi) is 5.75. The third-order valence-corrected chi connectivity index (χ3v) is 5.35. The smallest absolute Gasteiger partial charge is 0.314 e. The van der Waals surface area contributed by atoms with E-state index in [0.29, 0.717) is 18.8 Å². The van der Waals surface area contributed by atoms with Gasteiger partial charge in [-0.25, -0.2) is 9.97 Å². The zero-order chi connectivity index (χ0) is 19.4. The van der Waals surface area contributed by atoms with Gasteiger partial charge in [0.2, 0.25) is 0 Å². The molecule has 1 fully saturated rings. The Labute approximate surface area is 159 Å². The molecule has 2 aromatic rings. The van der Waals surface area contributed by atoms with E-state index in [1.807, 2.05) is 48.4 Å². The second kappa shape index (κ2) is 8.05. The average Bonchev–Trinajstić information content (AvgIpc) is 2.66. The van der Waals surface area contributed by atoms with Crippen molar-refractivity contribution in [3.8, 4) is 0 Å². The van der Waals surface area contributed by atoms with Crippen molar-refractivity contribution in [2.24, 2.45) is 5.41 Å². The van der Waals surface area contributed by atoms with Gasteiger partial charge < -0.3 is 15.1 Å². The van der Waals surface area contributed by atoms with Crippen molar-refractivity contribution >= 4 is 11.8 Å². The van der Waals surface area contributed by atoms with Crippen molar-refractivity contribution in [2.75, 3.05) is 18.0 Å². The first kappa shape index (κ1) is 19.3. The van der Waals surface area contributed by atoms with Crippen LogP contribution in [0.15, 0.2) is 36.5 Å². The van der Waals surface area contributed by atoms with Gasteiger partial charge in [0.15, 0.2) is 0 Å². The van der Waals surface area contributed by atoms with Crippen molar-refractivity contribution in [1.29, 1.82) is 0 Å². The zero-order valence-corrected chi connectivity index (χ0v) is 15.9. The third kappa shape index (κ3) is 3.95. The average molecular weight is 369 g/mol. The third-order valence-electron chi connectivity index (χ3n) is 5.35. The standard InChI is InChI=1S/C21H27N3O3/c1-3-7-17-13-22-15(2)23-19(17)24-11-10-18(25)21(14-24,20(26)27)12-16-8-5-4-6-9-16/h4-6,8-9,13,18,25H,3,7,10-12,14H2,1-2H3,(H,26,27)/t18-,21+/m0/s1. The highest BCUT2D eigenvalue weighted by atomic mass is 16.4. The van der Waals surface area contributed by atoms with Crippen molar-refractivity contribution in [3.63, 3.8) is 0 Å². The zero-order valence-electron chi connectivity index (χ0n) is 15.9. The van der Waals surface area contributed by atoms with Crippen LogP contribution in [0.4, 0.5) is 5.82 Å². The number of carbonyl (C=O) groups is 1. The maximum Gasteiger partial charge on any atom is 0.314 e. The topological polar surface area (TPSA) is 86.5 Å². The predicted molar refractivity (Wildman–Crippen MR) is 104 cm³/mol. The summed E-state index contributed by atoms with van der Waals surface area (Å²) in [7, 11) is 0. The van der Waals surface area contributed by atoms with Crippen LogP contribution in [-0.4, -0.2) is 45.3 Å². The number of aromatic nitrogens is 2. The van der Waals surface area contributed by atoms with Crippen LogP contribution in [-0.2, 0) is 17.6 Å². The van der Waals surface area contributed by atoms with Crippen LogP contribution in [0.1, 0.15) is 36.7 Å². The Morgan fingerprint density at radius 3 is 2.74 bits per heavy atom. The van der Waals surface area contributed by atoms with Gasteiger partial charge in [-0.3, -0.25) is 4.79 Å². The Morgan fingerprint density at radius 2 is 2.07 bits per heavy atom. The minimum Gasteiger partial charge on any atom is -0.481 e. The highest BCUT2D eigenvalue weighted by molar-refractivity contribution is 5.77. The lowest BCUT2D eigenvalue weighted by Gasteiger charge is -2.44. The maximum absolute atomic E-state index is 12.3. The quantitative estimate of drug-likeness (QED) is 0.814. The van der Waals surface area contributed by atoms with Crippen LogP contribution in [0.5, 0.6) is 0 Å². The van der Waals surface area contributed by atoms with E-state index in [0.717, 1.165) is 29.8 Å². The SMILES string of the molecule is CCCc1cnc(C)nc1N1CC[C@H](O)[C@](Cc2ccccc2)(C(=O)O)C1. The van der Waals surface area contributed by atoms with Crippen LogP contribution >= 0.6 is 0 Å². The molecule has 2 heterocycles. The Bertz CT molecular complexity index is 797. The van der Waals surface area contributed by atoms with Crippen molar-refractivity contribution in [2.45, 2.75) is 45.6 Å². The van der Waals surface area contributed by atoms with Crippen molar-refractivity contribution < 1.29 is 15.0 Å². The van der Waals surface area contributed by atoms with Crippen molar-refractivity contribution in [1.82, 2.24) is 9.97 Å². The summed E-state index contributed by atoms with van der Waals surface area (Å²) >= 11 is 0. The number of piperidine rings is 1. The van der Waals surface area contributed by atoms with Crippen LogP contribution < -0.4 is 4.90 Å². The lowest BCUT2D eigenvalue weighted by Crippen LogP contribution is -2.57. The summed E-state index contributed by atoms with van der Waals surface area (Å²) in [5.74, 6) is 0.501. The van der Waals surface area contributed by atoms with Gasteiger partial charge in [-0.2, -0.15) is 0 Å². The second-order valence-electron chi connectivity index (χ2n) is 7.37. The number of aliphatic carboxylic acids is 1. The van der Waals surface area contributed by atoms with Gasteiger partial charge in [0, 0.05) is 24.8 Å². The molecule has 1 aliphatic rings. The van der Waals surface area contributed by atoms with Gasteiger partial charge in [0.25, 0.3) is 0 Å². The number of aliphatic hydroxyl groups is 1. The first-order valence-electron chi connectivity index (χ1n) is 9.49. The molecule has 6 heteroatoms. The summed E-state index contributed by atoms with van der Waals surface area (Å²) in [6.07, 6.45) is 3.43. The molecule has 144 valence electrons. The van der Waals surface area contributed by atoms with E-state index in [2.05, 4.69) is 16.9 Å². The molecule has 1 aromatic carbocycles. The molecule has 1 saturated heterocycles.